The van der Waals surface area contributed by atoms with Crippen molar-refractivity contribution in [3.63, 3.8) is 0 Å². The number of aryl methyl sites for hydroxylation is 1. The van der Waals surface area contributed by atoms with E-state index in [-0.39, 0.29) is 5.54 Å². The molecular weight excluding hydrogens is 194 g/mol. The highest BCUT2D eigenvalue weighted by Crippen LogP contribution is 2.41. The van der Waals surface area contributed by atoms with Crippen LogP contribution in [0.3, 0.4) is 0 Å². The smallest absolute Gasteiger partial charge is 0.0412 e. The normalized spacial score (nSPS) is 19.1. The van der Waals surface area contributed by atoms with Crippen molar-refractivity contribution >= 4 is 11.6 Å². The Morgan fingerprint density at radius 2 is 1.93 bits per heavy atom. The Bertz CT molecular complexity index is 367. The number of hydrogen-bond donors (Lipinski definition) is 1. The Balaban J connectivity index is 2.51. The molecule has 0 aliphatic heterocycles. The Morgan fingerprint density at radius 3 is 2.43 bits per heavy atom. The van der Waals surface area contributed by atoms with Crippen LogP contribution in [0.25, 0.3) is 0 Å². The zero-order valence-electron chi connectivity index (χ0n) is 8.73. The molecule has 0 heterocycles. The molecule has 0 spiro atoms. The van der Waals surface area contributed by atoms with Crippen LogP contribution < -0.4 is 5.73 Å². The minimum atomic E-state index is -0.0975. The van der Waals surface area contributed by atoms with Crippen molar-refractivity contribution in [2.75, 3.05) is 0 Å². The van der Waals surface area contributed by atoms with Crippen LogP contribution in [0.1, 0.15) is 36.0 Å². The summed E-state index contributed by atoms with van der Waals surface area (Å²) < 4.78 is 0. The molecule has 1 aromatic rings. The molecule has 1 aromatic carbocycles. The van der Waals surface area contributed by atoms with Crippen LogP contribution in [0.15, 0.2) is 12.1 Å². The van der Waals surface area contributed by atoms with Crippen LogP contribution in [0.4, 0.5) is 0 Å². The first-order chi connectivity index (χ1) is 6.53. The molecule has 0 bridgehead atoms. The minimum Gasteiger partial charge on any atom is -0.321 e. The molecule has 1 saturated carbocycles. The van der Waals surface area contributed by atoms with E-state index < -0.39 is 0 Å². The van der Waals surface area contributed by atoms with Gasteiger partial charge in [-0.3, -0.25) is 0 Å². The van der Waals surface area contributed by atoms with Gasteiger partial charge in [-0.05, 0) is 61.9 Å². The van der Waals surface area contributed by atoms with E-state index in [1.165, 1.54) is 23.1 Å². The lowest BCUT2D eigenvalue weighted by Crippen LogP contribution is -2.43. The van der Waals surface area contributed by atoms with Gasteiger partial charge in [0.25, 0.3) is 0 Å². The molecule has 0 saturated heterocycles. The average molecular weight is 210 g/mol. The van der Waals surface area contributed by atoms with Gasteiger partial charge in [-0.25, -0.2) is 0 Å². The van der Waals surface area contributed by atoms with Gasteiger partial charge in [0, 0.05) is 10.6 Å². The molecule has 1 aliphatic carbocycles. The van der Waals surface area contributed by atoms with Crippen molar-refractivity contribution in [3.8, 4) is 0 Å². The van der Waals surface area contributed by atoms with Gasteiger partial charge >= 0.3 is 0 Å². The second-order valence-corrected chi connectivity index (χ2v) is 4.84. The summed E-state index contributed by atoms with van der Waals surface area (Å²) in [6, 6.07) is 4.03. The van der Waals surface area contributed by atoms with Gasteiger partial charge in [0.1, 0.15) is 0 Å². The Hall–Kier alpha value is -0.530. The Morgan fingerprint density at radius 1 is 1.29 bits per heavy atom. The van der Waals surface area contributed by atoms with Crippen molar-refractivity contribution in [1.82, 2.24) is 0 Å². The van der Waals surface area contributed by atoms with Crippen molar-refractivity contribution in [1.29, 1.82) is 0 Å². The molecule has 2 heteroatoms. The molecule has 1 aliphatic rings. The monoisotopic (exact) mass is 209 g/mol. The number of nitrogens with two attached hydrogens (primary N) is 1. The molecule has 1 nitrogen and oxygen atoms in total. The molecule has 14 heavy (non-hydrogen) atoms. The van der Waals surface area contributed by atoms with E-state index in [9.17, 15) is 0 Å². The predicted octanol–water partition coefficient (Wildman–Crippen LogP) is 3.29. The fraction of sp³-hybridized carbons (Fsp3) is 0.500. The third-order valence-corrected chi connectivity index (χ3v) is 3.63. The van der Waals surface area contributed by atoms with E-state index in [2.05, 4.69) is 13.8 Å². The SMILES string of the molecule is Cc1cc(Cl)cc(C2(N)CCC2)c1C. The highest BCUT2D eigenvalue weighted by Gasteiger charge is 2.35. The molecule has 76 valence electrons. The highest BCUT2D eigenvalue weighted by atomic mass is 35.5. The molecule has 0 amide bonds. The lowest BCUT2D eigenvalue weighted by molar-refractivity contribution is 0.252. The van der Waals surface area contributed by atoms with Crippen LogP contribution in [0, 0.1) is 13.8 Å². The average Bonchev–Trinajstić information content (AvgIpc) is 2.07. The zero-order valence-corrected chi connectivity index (χ0v) is 9.49. The first-order valence-electron chi connectivity index (χ1n) is 5.09. The van der Waals surface area contributed by atoms with E-state index in [0.717, 1.165) is 17.9 Å². The molecule has 0 unspecified atom stereocenters. The predicted molar refractivity (Wildman–Crippen MR) is 60.6 cm³/mol. The minimum absolute atomic E-state index is 0.0975. The van der Waals surface area contributed by atoms with Gasteiger partial charge in [0.15, 0.2) is 0 Å². The Labute approximate surface area is 90.3 Å². The fourth-order valence-electron chi connectivity index (χ4n) is 2.16. The van der Waals surface area contributed by atoms with E-state index in [0.29, 0.717) is 0 Å². The highest BCUT2D eigenvalue weighted by molar-refractivity contribution is 6.30. The van der Waals surface area contributed by atoms with E-state index in [1.54, 1.807) is 0 Å². The van der Waals surface area contributed by atoms with Crippen molar-refractivity contribution < 1.29 is 0 Å². The van der Waals surface area contributed by atoms with Crippen LogP contribution in [-0.2, 0) is 5.54 Å². The largest absolute Gasteiger partial charge is 0.321 e. The third-order valence-electron chi connectivity index (χ3n) is 3.41. The maximum atomic E-state index is 6.30. The van der Waals surface area contributed by atoms with E-state index in [1.807, 2.05) is 12.1 Å². The van der Waals surface area contributed by atoms with Crippen LogP contribution in [0.5, 0.6) is 0 Å². The number of halogens is 1. The molecular formula is C12H16ClN. The van der Waals surface area contributed by atoms with E-state index in [4.69, 9.17) is 17.3 Å². The maximum Gasteiger partial charge on any atom is 0.0412 e. The lowest BCUT2D eigenvalue weighted by Gasteiger charge is -2.40. The molecule has 0 aromatic heterocycles. The molecule has 2 N–H and O–H groups in total. The second-order valence-electron chi connectivity index (χ2n) is 4.40. The van der Waals surface area contributed by atoms with Gasteiger partial charge in [-0.1, -0.05) is 11.6 Å². The summed E-state index contributed by atoms with van der Waals surface area (Å²) in [4.78, 5) is 0. The van der Waals surface area contributed by atoms with Crippen molar-refractivity contribution in [2.24, 2.45) is 5.73 Å². The van der Waals surface area contributed by atoms with Crippen molar-refractivity contribution in [2.45, 2.75) is 38.6 Å². The first kappa shape index (κ1) is 10.0. The van der Waals surface area contributed by atoms with Crippen LogP contribution >= 0.6 is 11.6 Å². The number of benzene rings is 1. The summed E-state index contributed by atoms with van der Waals surface area (Å²) in [5.74, 6) is 0. The number of hydrogen-bond acceptors (Lipinski definition) is 1. The van der Waals surface area contributed by atoms with Gasteiger partial charge < -0.3 is 5.73 Å². The van der Waals surface area contributed by atoms with Gasteiger partial charge in [-0.15, -0.1) is 0 Å². The topological polar surface area (TPSA) is 26.0 Å². The Kier molecular flexibility index (Phi) is 2.32. The molecule has 0 radical (unpaired) electrons. The first-order valence-corrected chi connectivity index (χ1v) is 5.47. The molecule has 1 fully saturated rings. The standard InChI is InChI=1S/C12H16ClN/c1-8-6-10(13)7-11(9(8)2)12(14)4-3-5-12/h6-7H,3-5,14H2,1-2H3. The third kappa shape index (κ3) is 1.45. The molecule has 2 rings (SSSR count). The second kappa shape index (κ2) is 3.25. The summed E-state index contributed by atoms with van der Waals surface area (Å²) in [5.41, 5.74) is 9.99. The van der Waals surface area contributed by atoms with Crippen molar-refractivity contribution in [3.05, 3.63) is 33.8 Å². The molecule has 0 atom stereocenters. The summed E-state index contributed by atoms with van der Waals surface area (Å²) in [6.45, 7) is 4.22. The zero-order chi connectivity index (χ0) is 10.3. The van der Waals surface area contributed by atoms with Gasteiger partial charge in [-0.2, -0.15) is 0 Å². The van der Waals surface area contributed by atoms with Crippen LogP contribution in [-0.4, -0.2) is 0 Å². The summed E-state index contributed by atoms with van der Waals surface area (Å²) in [7, 11) is 0. The van der Waals surface area contributed by atoms with Crippen LogP contribution in [0.2, 0.25) is 5.02 Å². The number of rotatable bonds is 1. The van der Waals surface area contributed by atoms with Gasteiger partial charge in [0.2, 0.25) is 0 Å². The van der Waals surface area contributed by atoms with E-state index >= 15 is 0 Å². The quantitative estimate of drug-likeness (QED) is 0.755. The fourth-order valence-corrected chi connectivity index (χ4v) is 2.43. The van der Waals surface area contributed by atoms with Gasteiger partial charge in [0.05, 0.1) is 0 Å². The maximum absolute atomic E-state index is 6.30. The summed E-state index contributed by atoms with van der Waals surface area (Å²) in [6.07, 6.45) is 3.42. The lowest BCUT2D eigenvalue weighted by atomic mass is 9.71. The summed E-state index contributed by atoms with van der Waals surface area (Å²) >= 11 is 6.05. The summed E-state index contributed by atoms with van der Waals surface area (Å²) in [5, 5.41) is 0.805.